The van der Waals surface area contributed by atoms with Gasteiger partial charge in [0.05, 0.1) is 10.7 Å². The summed E-state index contributed by atoms with van der Waals surface area (Å²) in [4.78, 5) is 23.5. The molecular formula is C16H13Cl2FN2O2. The maximum atomic E-state index is 12.8. The van der Waals surface area contributed by atoms with Crippen molar-refractivity contribution >= 4 is 40.7 Å². The van der Waals surface area contributed by atoms with Crippen molar-refractivity contribution in [2.24, 2.45) is 0 Å². The standard InChI is InChI=1S/C16H13Cl2FN2O2/c17-11-3-6-13(18)14(7-11)21-16(23)8-15(22)20-9-10-1-4-12(19)5-2-10/h1-7H,8-9H2,(H,20,22)(H,21,23). The number of hydrogen-bond acceptors (Lipinski definition) is 2. The number of nitrogens with one attached hydrogen (secondary N) is 2. The van der Waals surface area contributed by atoms with Crippen molar-refractivity contribution in [2.75, 3.05) is 5.32 Å². The molecular weight excluding hydrogens is 342 g/mol. The largest absolute Gasteiger partial charge is 0.352 e. The van der Waals surface area contributed by atoms with Gasteiger partial charge in [-0.25, -0.2) is 4.39 Å². The Morgan fingerprint density at radius 1 is 1.00 bits per heavy atom. The van der Waals surface area contributed by atoms with Gasteiger partial charge >= 0.3 is 0 Å². The second kappa shape index (κ2) is 7.94. The molecule has 0 aliphatic carbocycles. The number of carbonyl (C=O) groups is 2. The summed E-state index contributed by atoms with van der Waals surface area (Å²) >= 11 is 11.7. The number of amides is 2. The first-order valence-corrected chi connectivity index (χ1v) is 7.45. The average Bonchev–Trinajstić information content (AvgIpc) is 2.50. The van der Waals surface area contributed by atoms with Gasteiger partial charge in [-0.15, -0.1) is 0 Å². The maximum Gasteiger partial charge on any atom is 0.233 e. The highest BCUT2D eigenvalue weighted by molar-refractivity contribution is 6.35. The van der Waals surface area contributed by atoms with Crippen LogP contribution in [0.25, 0.3) is 0 Å². The lowest BCUT2D eigenvalue weighted by molar-refractivity contribution is -0.126. The van der Waals surface area contributed by atoms with Crippen molar-refractivity contribution in [2.45, 2.75) is 13.0 Å². The van der Waals surface area contributed by atoms with Crippen LogP contribution < -0.4 is 10.6 Å². The van der Waals surface area contributed by atoms with Gasteiger partial charge in [-0.05, 0) is 35.9 Å². The van der Waals surface area contributed by atoms with Crippen LogP contribution in [0.2, 0.25) is 10.0 Å². The molecule has 0 bridgehead atoms. The number of rotatable bonds is 5. The lowest BCUT2D eigenvalue weighted by Crippen LogP contribution is -2.27. The Hall–Kier alpha value is -2.11. The summed E-state index contributed by atoms with van der Waals surface area (Å²) in [6.07, 6.45) is -0.357. The fourth-order valence-electron chi connectivity index (χ4n) is 1.80. The summed E-state index contributed by atoms with van der Waals surface area (Å²) in [7, 11) is 0. The summed E-state index contributed by atoms with van der Waals surface area (Å²) in [5, 5.41) is 5.85. The van der Waals surface area contributed by atoms with Crippen LogP contribution in [0.1, 0.15) is 12.0 Å². The van der Waals surface area contributed by atoms with Gasteiger partial charge in [-0.1, -0.05) is 35.3 Å². The Morgan fingerprint density at radius 2 is 1.70 bits per heavy atom. The van der Waals surface area contributed by atoms with E-state index in [1.54, 1.807) is 24.3 Å². The van der Waals surface area contributed by atoms with Gasteiger partial charge < -0.3 is 10.6 Å². The molecule has 0 heterocycles. The number of benzene rings is 2. The van der Waals surface area contributed by atoms with Crippen LogP contribution in [0.3, 0.4) is 0 Å². The zero-order chi connectivity index (χ0) is 16.8. The van der Waals surface area contributed by atoms with E-state index in [1.807, 2.05) is 0 Å². The zero-order valence-electron chi connectivity index (χ0n) is 11.9. The SMILES string of the molecule is O=C(CC(=O)Nc1cc(Cl)ccc1Cl)NCc1ccc(F)cc1. The minimum Gasteiger partial charge on any atom is -0.352 e. The number of hydrogen-bond donors (Lipinski definition) is 2. The minimum absolute atomic E-state index is 0.213. The molecule has 0 atom stereocenters. The van der Waals surface area contributed by atoms with E-state index in [1.165, 1.54) is 18.2 Å². The molecule has 7 heteroatoms. The first-order valence-electron chi connectivity index (χ1n) is 6.70. The molecule has 0 spiro atoms. The van der Waals surface area contributed by atoms with Gasteiger partial charge in [0.2, 0.25) is 11.8 Å². The van der Waals surface area contributed by atoms with Crippen LogP contribution in [-0.4, -0.2) is 11.8 Å². The van der Waals surface area contributed by atoms with E-state index < -0.39 is 11.8 Å². The highest BCUT2D eigenvalue weighted by atomic mass is 35.5. The third kappa shape index (κ3) is 5.54. The summed E-state index contributed by atoms with van der Waals surface area (Å²) in [5.74, 6) is -1.31. The van der Waals surface area contributed by atoms with Gasteiger partial charge in [0.15, 0.2) is 0 Å². The van der Waals surface area contributed by atoms with Crippen molar-refractivity contribution in [3.05, 3.63) is 63.9 Å². The molecule has 0 fully saturated rings. The van der Waals surface area contributed by atoms with Crippen molar-refractivity contribution in [3.8, 4) is 0 Å². The fraction of sp³-hybridized carbons (Fsp3) is 0.125. The predicted octanol–water partition coefficient (Wildman–Crippen LogP) is 3.78. The minimum atomic E-state index is -0.509. The van der Waals surface area contributed by atoms with Crippen molar-refractivity contribution in [1.82, 2.24) is 5.32 Å². The first-order chi connectivity index (χ1) is 10.9. The second-order valence-corrected chi connectivity index (χ2v) is 5.60. The lowest BCUT2D eigenvalue weighted by Gasteiger charge is -2.08. The highest BCUT2D eigenvalue weighted by Gasteiger charge is 2.11. The molecule has 0 aliphatic heterocycles. The van der Waals surface area contributed by atoms with Crippen LogP contribution in [-0.2, 0) is 16.1 Å². The van der Waals surface area contributed by atoms with Crippen molar-refractivity contribution in [1.29, 1.82) is 0 Å². The van der Waals surface area contributed by atoms with E-state index in [2.05, 4.69) is 10.6 Å². The van der Waals surface area contributed by atoms with E-state index in [0.29, 0.717) is 15.7 Å². The molecule has 2 amide bonds. The quantitative estimate of drug-likeness (QED) is 0.802. The molecule has 0 saturated carbocycles. The molecule has 2 N–H and O–H groups in total. The molecule has 0 aliphatic rings. The predicted molar refractivity (Wildman–Crippen MR) is 88.0 cm³/mol. The van der Waals surface area contributed by atoms with E-state index in [9.17, 15) is 14.0 Å². The average molecular weight is 355 g/mol. The van der Waals surface area contributed by atoms with Crippen LogP contribution in [0, 0.1) is 5.82 Å². The number of halogens is 3. The number of anilines is 1. The monoisotopic (exact) mass is 354 g/mol. The van der Waals surface area contributed by atoms with Gasteiger partial charge in [-0.2, -0.15) is 0 Å². The number of carbonyl (C=O) groups excluding carboxylic acids is 2. The normalized spacial score (nSPS) is 10.2. The Morgan fingerprint density at radius 3 is 2.39 bits per heavy atom. The molecule has 4 nitrogen and oxygen atoms in total. The van der Waals surface area contributed by atoms with Crippen LogP contribution in [0.5, 0.6) is 0 Å². The molecule has 120 valence electrons. The van der Waals surface area contributed by atoms with Crippen molar-refractivity contribution in [3.63, 3.8) is 0 Å². The summed E-state index contributed by atoms with van der Waals surface area (Å²) in [6.45, 7) is 0.213. The molecule has 2 aromatic rings. The first kappa shape index (κ1) is 17.2. The van der Waals surface area contributed by atoms with E-state index in [4.69, 9.17) is 23.2 Å². The Labute approximate surface area is 142 Å². The van der Waals surface area contributed by atoms with E-state index >= 15 is 0 Å². The molecule has 0 unspecified atom stereocenters. The van der Waals surface area contributed by atoms with Gasteiger partial charge in [0.25, 0.3) is 0 Å². The van der Waals surface area contributed by atoms with Gasteiger partial charge in [0.1, 0.15) is 12.2 Å². The third-order valence-corrected chi connectivity index (χ3v) is 3.49. The Kier molecular flexibility index (Phi) is 5.96. The van der Waals surface area contributed by atoms with Crippen LogP contribution in [0.15, 0.2) is 42.5 Å². The topological polar surface area (TPSA) is 58.2 Å². The molecule has 0 aromatic heterocycles. The van der Waals surface area contributed by atoms with Crippen LogP contribution >= 0.6 is 23.2 Å². The molecule has 2 aromatic carbocycles. The molecule has 0 saturated heterocycles. The summed E-state index contributed by atoms with van der Waals surface area (Å²) in [6, 6.07) is 10.4. The summed E-state index contributed by atoms with van der Waals surface area (Å²) in [5.41, 5.74) is 1.08. The summed E-state index contributed by atoms with van der Waals surface area (Å²) < 4.78 is 12.8. The third-order valence-electron chi connectivity index (χ3n) is 2.93. The zero-order valence-corrected chi connectivity index (χ0v) is 13.4. The fourth-order valence-corrected chi connectivity index (χ4v) is 2.14. The van der Waals surface area contributed by atoms with E-state index in [-0.39, 0.29) is 18.8 Å². The highest BCUT2D eigenvalue weighted by Crippen LogP contribution is 2.25. The van der Waals surface area contributed by atoms with Gasteiger partial charge in [-0.3, -0.25) is 9.59 Å². The molecule has 2 rings (SSSR count). The maximum absolute atomic E-state index is 12.8. The Bertz CT molecular complexity index is 721. The lowest BCUT2D eigenvalue weighted by atomic mass is 10.2. The van der Waals surface area contributed by atoms with Crippen molar-refractivity contribution < 1.29 is 14.0 Å². The second-order valence-electron chi connectivity index (χ2n) is 4.75. The van der Waals surface area contributed by atoms with Crippen LogP contribution in [0.4, 0.5) is 10.1 Å². The molecule has 0 radical (unpaired) electrons. The Balaban J connectivity index is 1.83. The molecule has 23 heavy (non-hydrogen) atoms. The smallest absolute Gasteiger partial charge is 0.233 e. The van der Waals surface area contributed by atoms with Gasteiger partial charge in [0, 0.05) is 11.6 Å². The van der Waals surface area contributed by atoms with E-state index in [0.717, 1.165) is 5.56 Å².